The van der Waals surface area contributed by atoms with Gasteiger partial charge in [0.25, 0.3) is 5.56 Å². The van der Waals surface area contributed by atoms with E-state index < -0.39 is 48.8 Å². The summed E-state index contributed by atoms with van der Waals surface area (Å²) >= 11 is 4.17. The highest BCUT2D eigenvalue weighted by Crippen LogP contribution is 2.41. The van der Waals surface area contributed by atoms with Crippen molar-refractivity contribution in [2.24, 2.45) is 0 Å². The van der Waals surface area contributed by atoms with E-state index in [9.17, 15) is 24.9 Å². The first-order chi connectivity index (χ1) is 10.1. The number of aromatic nitrogens is 2. The molecule has 6 N–H and O–H groups in total. The van der Waals surface area contributed by atoms with Crippen LogP contribution in [0.5, 0.6) is 0 Å². The Labute approximate surface area is 127 Å². The highest BCUT2D eigenvalue weighted by atomic mass is 32.5. The highest BCUT2D eigenvalue weighted by Gasteiger charge is 2.48. The molecule has 1 aromatic rings. The predicted octanol–water partition coefficient (Wildman–Crippen LogP) is -3.30. The fourth-order valence-corrected chi connectivity index (χ4v) is 2.65. The van der Waals surface area contributed by atoms with Gasteiger partial charge in [0.05, 0.1) is 0 Å². The standard InChI is InChI=1S/C9H13N2O9PS/c12-3-1-2-11(9(16)10-3)7-5(14)4(13)6(19-7)8(15)20-21(17,18)22/h1-2,4-8,13-15H,(H,10,12,16)(H2,17,18,22)/t4?,5?,6-,7+,8?/m1/s1. The van der Waals surface area contributed by atoms with Gasteiger partial charge in [0.1, 0.15) is 18.3 Å². The van der Waals surface area contributed by atoms with E-state index in [1.54, 1.807) is 0 Å². The number of hydrogen-bond donors (Lipinski definition) is 6. The number of rotatable bonds is 4. The van der Waals surface area contributed by atoms with Crippen molar-refractivity contribution in [3.8, 4) is 0 Å². The van der Waals surface area contributed by atoms with Gasteiger partial charge >= 0.3 is 12.4 Å². The number of aliphatic hydroxyl groups excluding tert-OH is 3. The Bertz CT molecular complexity index is 699. The Kier molecular flexibility index (Phi) is 4.96. The van der Waals surface area contributed by atoms with Crippen LogP contribution < -0.4 is 11.2 Å². The summed E-state index contributed by atoms with van der Waals surface area (Å²) in [5, 5.41) is 29.3. The third-order valence-corrected chi connectivity index (χ3v) is 3.68. The van der Waals surface area contributed by atoms with Crippen LogP contribution in [0, 0.1) is 0 Å². The van der Waals surface area contributed by atoms with E-state index in [-0.39, 0.29) is 0 Å². The minimum atomic E-state index is -4.23. The lowest BCUT2D eigenvalue weighted by Gasteiger charge is -2.22. The van der Waals surface area contributed by atoms with Crippen molar-refractivity contribution in [2.75, 3.05) is 0 Å². The number of aliphatic hydroxyl groups is 3. The Morgan fingerprint density at radius 3 is 2.55 bits per heavy atom. The molecular weight excluding hydrogens is 343 g/mol. The Morgan fingerprint density at radius 2 is 2.00 bits per heavy atom. The van der Waals surface area contributed by atoms with Gasteiger partial charge in [0.2, 0.25) is 0 Å². The SMILES string of the molecule is O=c1ccn([C@H]2O[C@@H](C(O)OP(O)(O)=S)C(O)C2O)c(=O)[nH]1. The molecule has 11 nitrogen and oxygen atoms in total. The van der Waals surface area contributed by atoms with Crippen molar-refractivity contribution < 1.29 is 34.4 Å². The molecule has 2 rings (SSSR count). The van der Waals surface area contributed by atoms with Crippen LogP contribution in [0.3, 0.4) is 0 Å². The first kappa shape index (κ1) is 17.4. The molecule has 0 aliphatic carbocycles. The zero-order valence-electron chi connectivity index (χ0n) is 10.7. The summed E-state index contributed by atoms with van der Waals surface area (Å²) in [6.45, 7) is -4.23. The normalized spacial score (nSPS) is 30.4. The van der Waals surface area contributed by atoms with Crippen LogP contribution in [0.4, 0.5) is 0 Å². The summed E-state index contributed by atoms with van der Waals surface area (Å²) < 4.78 is 10.2. The number of nitrogens with zero attached hydrogens (tertiary/aromatic N) is 1. The van der Waals surface area contributed by atoms with Gasteiger partial charge in [0, 0.05) is 12.3 Å². The molecule has 0 aromatic carbocycles. The number of ether oxygens (including phenoxy) is 1. The van der Waals surface area contributed by atoms with Crippen LogP contribution in [0.2, 0.25) is 0 Å². The third-order valence-electron chi connectivity index (χ3n) is 2.93. The van der Waals surface area contributed by atoms with Crippen molar-refractivity contribution in [1.29, 1.82) is 0 Å². The largest absolute Gasteiger partial charge is 0.387 e. The van der Waals surface area contributed by atoms with Gasteiger partial charge in [-0.15, -0.1) is 0 Å². The van der Waals surface area contributed by atoms with E-state index in [0.29, 0.717) is 0 Å². The lowest BCUT2D eigenvalue weighted by Crippen LogP contribution is -2.40. The van der Waals surface area contributed by atoms with Crippen LogP contribution in [-0.2, 0) is 21.1 Å². The first-order valence-electron chi connectivity index (χ1n) is 5.85. The van der Waals surface area contributed by atoms with Gasteiger partial charge in [-0.25, -0.2) is 4.79 Å². The molecule has 1 aliphatic rings. The first-order valence-corrected chi connectivity index (χ1v) is 8.48. The second-order valence-electron chi connectivity index (χ2n) is 4.48. The molecular formula is C9H13N2O9PS. The number of hydrogen-bond acceptors (Lipinski definition) is 8. The van der Waals surface area contributed by atoms with E-state index >= 15 is 0 Å². The summed E-state index contributed by atoms with van der Waals surface area (Å²) in [6, 6.07) is 0.991. The molecule has 13 heteroatoms. The predicted molar refractivity (Wildman–Crippen MR) is 73.1 cm³/mol. The molecule has 2 heterocycles. The zero-order chi connectivity index (χ0) is 16.7. The van der Waals surface area contributed by atoms with Crippen molar-refractivity contribution in [3.05, 3.63) is 33.1 Å². The minimum Gasteiger partial charge on any atom is -0.387 e. The summed E-state index contributed by atoms with van der Waals surface area (Å²) in [6.07, 6.45) is -7.41. The molecule has 22 heavy (non-hydrogen) atoms. The molecule has 0 radical (unpaired) electrons. The van der Waals surface area contributed by atoms with Crippen LogP contribution in [-0.4, -0.2) is 59.3 Å². The molecule has 0 amide bonds. The van der Waals surface area contributed by atoms with Gasteiger partial charge in [-0.3, -0.25) is 18.9 Å². The van der Waals surface area contributed by atoms with Gasteiger partial charge < -0.3 is 29.8 Å². The van der Waals surface area contributed by atoms with E-state index in [2.05, 4.69) is 16.3 Å². The lowest BCUT2D eigenvalue weighted by molar-refractivity contribution is -0.158. The maximum atomic E-state index is 11.6. The monoisotopic (exact) mass is 356 g/mol. The van der Waals surface area contributed by atoms with Crippen LogP contribution in [0.15, 0.2) is 21.9 Å². The van der Waals surface area contributed by atoms with Gasteiger partial charge in [-0.2, -0.15) is 0 Å². The second-order valence-corrected chi connectivity index (χ2v) is 7.10. The van der Waals surface area contributed by atoms with Crippen molar-refractivity contribution in [2.45, 2.75) is 30.8 Å². The maximum absolute atomic E-state index is 11.6. The number of aromatic amines is 1. The summed E-state index contributed by atoms with van der Waals surface area (Å²) in [5.41, 5.74) is -1.58. The summed E-state index contributed by atoms with van der Waals surface area (Å²) in [4.78, 5) is 42.5. The van der Waals surface area contributed by atoms with E-state index in [1.807, 2.05) is 4.98 Å². The Balaban J connectivity index is 2.25. The molecule has 1 fully saturated rings. The molecule has 0 spiro atoms. The fourth-order valence-electron chi connectivity index (χ4n) is 1.98. The minimum absolute atomic E-state index is 0.671. The van der Waals surface area contributed by atoms with Crippen molar-refractivity contribution >= 4 is 18.5 Å². The van der Waals surface area contributed by atoms with Gasteiger partial charge in [0.15, 0.2) is 12.5 Å². The molecule has 5 atom stereocenters. The summed E-state index contributed by atoms with van der Waals surface area (Å²) in [5.74, 6) is 0. The molecule has 1 aliphatic heterocycles. The van der Waals surface area contributed by atoms with Crippen LogP contribution in [0.1, 0.15) is 6.23 Å². The highest BCUT2D eigenvalue weighted by molar-refractivity contribution is 8.06. The molecule has 0 bridgehead atoms. The van der Waals surface area contributed by atoms with Gasteiger partial charge in [-0.05, 0) is 11.8 Å². The topological polar surface area (TPSA) is 174 Å². The molecule has 1 aromatic heterocycles. The quantitative estimate of drug-likeness (QED) is 0.237. The zero-order valence-corrected chi connectivity index (χ0v) is 12.4. The van der Waals surface area contributed by atoms with Crippen molar-refractivity contribution in [1.82, 2.24) is 9.55 Å². The maximum Gasteiger partial charge on any atom is 0.330 e. The number of nitrogens with one attached hydrogen (secondary N) is 1. The third kappa shape index (κ3) is 3.68. The Hall–Kier alpha value is -0.950. The summed E-state index contributed by atoms with van der Waals surface area (Å²) in [7, 11) is 0. The average molecular weight is 356 g/mol. The van der Waals surface area contributed by atoms with Crippen LogP contribution in [0.25, 0.3) is 0 Å². The van der Waals surface area contributed by atoms with E-state index in [4.69, 9.17) is 14.5 Å². The molecule has 124 valence electrons. The number of H-pyrrole nitrogens is 1. The second kappa shape index (κ2) is 6.28. The van der Waals surface area contributed by atoms with Gasteiger partial charge in [-0.1, -0.05) is 0 Å². The van der Waals surface area contributed by atoms with E-state index in [1.165, 1.54) is 0 Å². The Morgan fingerprint density at radius 1 is 1.36 bits per heavy atom. The molecule has 1 saturated heterocycles. The molecule has 0 saturated carbocycles. The smallest absolute Gasteiger partial charge is 0.330 e. The van der Waals surface area contributed by atoms with E-state index in [0.717, 1.165) is 16.8 Å². The van der Waals surface area contributed by atoms with Crippen molar-refractivity contribution in [3.63, 3.8) is 0 Å². The fraction of sp³-hybridized carbons (Fsp3) is 0.556. The average Bonchev–Trinajstić information content (AvgIpc) is 2.65. The lowest BCUT2D eigenvalue weighted by atomic mass is 10.1. The molecule has 3 unspecified atom stereocenters. The van der Waals surface area contributed by atoms with Crippen LogP contribution >= 0.6 is 6.72 Å².